The fourth-order valence-electron chi connectivity index (χ4n) is 3.03. The molecule has 102 valence electrons. The molecule has 19 heavy (non-hydrogen) atoms. The Labute approximate surface area is 115 Å². The maximum atomic E-state index is 4.81. The summed E-state index contributed by atoms with van der Waals surface area (Å²) in [6.07, 6.45) is 3.95. The fraction of sp³-hybridized carbons (Fsp3) is 0.562. The Hall–Kier alpha value is -1.35. The Bertz CT molecular complexity index is 550. The van der Waals surface area contributed by atoms with E-state index in [9.17, 15) is 0 Å². The maximum absolute atomic E-state index is 4.81. The molecule has 1 saturated heterocycles. The molecule has 3 nitrogen and oxygen atoms in total. The summed E-state index contributed by atoms with van der Waals surface area (Å²) < 4.78 is 2.42. The lowest BCUT2D eigenvalue weighted by Gasteiger charge is -2.25. The molecule has 1 atom stereocenters. The van der Waals surface area contributed by atoms with Crippen LogP contribution >= 0.6 is 0 Å². The van der Waals surface area contributed by atoms with Gasteiger partial charge in [-0.2, -0.15) is 0 Å². The van der Waals surface area contributed by atoms with E-state index in [1.54, 1.807) is 0 Å². The van der Waals surface area contributed by atoms with E-state index in [1.165, 1.54) is 30.6 Å². The molecule has 1 aromatic heterocycles. The summed E-state index contributed by atoms with van der Waals surface area (Å²) in [5.41, 5.74) is 2.40. The Morgan fingerprint density at radius 1 is 1.32 bits per heavy atom. The first-order valence-electron chi connectivity index (χ1n) is 7.44. The molecule has 2 aromatic rings. The minimum atomic E-state index is 0.469. The number of piperidine rings is 1. The van der Waals surface area contributed by atoms with E-state index in [0.29, 0.717) is 12.0 Å². The lowest BCUT2D eigenvalue weighted by molar-refractivity contribution is 0.361. The van der Waals surface area contributed by atoms with Gasteiger partial charge in [0.2, 0.25) is 0 Å². The second-order valence-electron chi connectivity index (χ2n) is 5.87. The summed E-state index contributed by atoms with van der Waals surface area (Å²) in [5.74, 6) is 1.68. The van der Waals surface area contributed by atoms with Crippen LogP contribution in [0.15, 0.2) is 24.3 Å². The van der Waals surface area contributed by atoms with Crippen LogP contribution in [0.25, 0.3) is 11.0 Å². The van der Waals surface area contributed by atoms with Gasteiger partial charge in [0.05, 0.1) is 11.0 Å². The third-order valence-corrected chi connectivity index (χ3v) is 4.02. The van der Waals surface area contributed by atoms with E-state index in [0.717, 1.165) is 18.6 Å². The van der Waals surface area contributed by atoms with Gasteiger partial charge in [-0.05, 0) is 31.5 Å². The van der Waals surface area contributed by atoms with Crippen molar-refractivity contribution in [3.8, 4) is 0 Å². The molecule has 1 fully saturated rings. The molecule has 1 aromatic carbocycles. The molecule has 1 N–H and O–H groups in total. The van der Waals surface area contributed by atoms with Crippen LogP contribution in [0.1, 0.15) is 44.9 Å². The van der Waals surface area contributed by atoms with E-state index in [4.69, 9.17) is 4.98 Å². The van der Waals surface area contributed by atoms with Gasteiger partial charge in [0.15, 0.2) is 0 Å². The van der Waals surface area contributed by atoms with Gasteiger partial charge >= 0.3 is 0 Å². The van der Waals surface area contributed by atoms with Gasteiger partial charge in [0.1, 0.15) is 5.82 Å². The highest BCUT2D eigenvalue weighted by atomic mass is 15.1. The highest BCUT2D eigenvalue weighted by Crippen LogP contribution is 2.23. The lowest BCUT2D eigenvalue weighted by Crippen LogP contribution is -2.37. The first-order chi connectivity index (χ1) is 9.25. The fourth-order valence-corrected chi connectivity index (χ4v) is 3.03. The second kappa shape index (κ2) is 5.33. The number of para-hydroxylation sites is 2. The molecule has 2 heterocycles. The molecular formula is C16H23N3. The van der Waals surface area contributed by atoms with Crippen molar-refractivity contribution in [1.82, 2.24) is 14.9 Å². The summed E-state index contributed by atoms with van der Waals surface area (Å²) in [7, 11) is 0. The predicted molar refractivity (Wildman–Crippen MR) is 79.5 cm³/mol. The lowest BCUT2D eigenvalue weighted by atomic mass is 10.0. The molecule has 0 amide bonds. The maximum Gasteiger partial charge on any atom is 0.112 e. The number of benzene rings is 1. The Balaban J connectivity index is 1.97. The van der Waals surface area contributed by atoms with E-state index in [1.807, 2.05) is 0 Å². The van der Waals surface area contributed by atoms with E-state index in [-0.39, 0.29) is 0 Å². The minimum absolute atomic E-state index is 0.469. The Morgan fingerprint density at radius 2 is 2.16 bits per heavy atom. The van der Waals surface area contributed by atoms with Gasteiger partial charge in [-0.3, -0.25) is 0 Å². The van der Waals surface area contributed by atoms with Crippen LogP contribution in [0.5, 0.6) is 0 Å². The van der Waals surface area contributed by atoms with Crippen LogP contribution in [0.3, 0.4) is 0 Å². The van der Waals surface area contributed by atoms with Crippen molar-refractivity contribution in [3.05, 3.63) is 30.1 Å². The van der Waals surface area contributed by atoms with Gasteiger partial charge < -0.3 is 9.88 Å². The standard InChI is InChI=1S/C16H23N3/c1-12(2)16-18-14-8-3-4-9-15(14)19(16)11-13-7-5-6-10-17-13/h3-4,8-9,12-13,17H,5-7,10-11H2,1-2H3/t13-/m1/s1. The van der Waals surface area contributed by atoms with Crippen molar-refractivity contribution in [2.75, 3.05) is 6.54 Å². The van der Waals surface area contributed by atoms with E-state index >= 15 is 0 Å². The normalized spacial score (nSPS) is 20.3. The highest BCUT2D eigenvalue weighted by molar-refractivity contribution is 5.76. The smallest absolute Gasteiger partial charge is 0.112 e. The number of fused-ring (bicyclic) bond motifs is 1. The molecule has 3 heteroatoms. The second-order valence-corrected chi connectivity index (χ2v) is 5.87. The van der Waals surface area contributed by atoms with Crippen LogP contribution in [-0.2, 0) is 6.54 Å². The molecule has 0 radical (unpaired) electrons. The molecule has 0 unspecified atom stereocenters. The first-order valence-corrected chi connectivity index (χ1v) is 7.44. The zero-order valence-corrected chi connectivity index (χ0v) is 11.9. The van der Waals surface area contributed by atoms with Crippen LogP contribution in [0, 0.1) is 0 Å². The van der Waals surface area contributed by atoms with E-state index in [2.05, 4.69) is 48.0 Å². The number of nitrogens with one attached hydrogen (secondary N) is 1. The summed E-state index contributed by atoms with van der Waals surface area (Å²) >= 11 is 0. The van der Waals surface area contributed by atoms with Crippen LogP contribution in [0.2, 0.25) is 0 Å². The number of hydrogen-bond donors (Lipinski definition) is 1. The van der Waals surface area contributed by atoms with Crippen molar-refractivity contribution in [2.24, 2.45) is 0 Å². The average Bonchev–Trinajstić information content (AvgIpc) is 2.79. The van der Waals surface area contributed by atoms with Gasteiger partial charge in [0, 0.05) is 18.5 Å². The Kier molecular flexibility index (Phi) is 3.56. The number of imidazole rings is 1. The average molecular weight is 257 g/mol. The zero-order chi connectivity index (χ0) is 13.2. The van der Waals surface area contributed by atoms with Gasteiger partial charge in [-0.25, -0.2) is 4.98 Å². The van der Waals surface area contributed by atoms with Crippen molar-refractivity contribution in [1.29, 1.82) is 0 Å². The van der Waals surface area contributed by atoms with Crippen LogP contribution < -0.4 is 5.32 Å². The van der Waals surface area contributed by atoms with E-state index < -0.39 is 0 Å². The zero-order valence-electron chi connectivity index (χ0n) is 11.9. The number of rotatable bonds is 3. The van der Waals surface area contributed by atoms with Gasteiger partial charge in [-0.15, -0.1) is 0 Å². The van der Waals surface area contributed by atoms with Crippen LogP contribution in [0.4, 0.5) is 0 Å². The van der Waals surface area contributed by atoms with Crippen LogP contribution in [-0.4, -0.2) is 22.1 Å². The summed E-state index contributed by atoms with van der Waals surface area (Å²) in [5, 5.41) is 3.64. The van der Waals surface area contributed by atoms with Crippen molar-refractivity contribution >= 4 is 11.0 Å². The molecule has 1 aliphatic heterocycles. The molecule has 0 spiro atoms. The number of nitrogens with zero attached hydrogens (tertiary/aromatic N) is 2. The highest BCUT2D eigenvalue weighted by Gasteiger charge is 2.18. The predicted octanol–water partition coefficient (Wildman–Crippen LogP) is 3.30. The third-order valence-electron chi connectivity index (χ3n) is 4.02. The molecule has 0 bridgehead atoms. The minimum Gasteiger partial charge on any atom is -0.326 e. The summed E-state index contributed by atoms with van der Waals surface area (Å²) in [6.45, 7) is 6.67. The quantitative estimate of drug-likeness (QED) is 0.914. The molecule has 1 aliphatic rings. The SMILES string of the molecule is CC(C)c1nc2ccccc2n1C[C@H]1CCCCN1. The van der Waals surface area contributed by atoms with Crippen molar-refractivity contribution in [3.63, 3.8) is 0 Å². The largest absolute Gasteiger partial charge is 0.326 e. The molecular weight excluding hydrogens is 234 g/mol. The monoisotopic (exact) mass is 257 g/mol. The molecule has 3 rings (SSSR count). The molecule has 0 saturated carbocycles. The van der Waals surface area contributed by atoms with Gasteiger partial charge in [0.25, 0.3) is 0 Å². The molecule has 0 aliphatic carbocycles. The Morgan fingerprint density at radius 3 is 2.89 bits per heavy atom. The summed E-state index contributed by atoms with van der Waals surface area (Å²) in [4.78, 5) is 4.81. The number of aromatic nitrogens is 2. The van der Waals surface area contributed by atoms with Crippen molar-refractivity contribution in [2.45, 2.75) is 51.6 Å². The van der Waals surface area contributed by atoms with Gasteiger partial charge in [-0.1, -0.05) is 32.4 Å². The summed E-state index contributed by atoms with van der Waals surface area (Å²) in [6, 6.07) is 9.09. The first kappa shape index (κ1) is 12.7. The van der Waals surface area contributed by atoms with Crippen molar-refractivity contribution < 1.29 is 0 Å². The number of hydrogen-bond acceptors (Lipinski definition) is 2. The third kappa shape index (κ3) is 2.52. The topological polar surface area (TPSA) is 29.9 Å².